The monoisotopic (exact) mass is 608 g/mol. The second-order valence-corrected chi connectivity index (χ2v) is 13.5. The summed E-state index contributed by atoms with van der Waals surface area (Å²) in [6.07, 6.45) is -3.35. The van der Waals surface area contributed by atoms with Gasteiger partial charge in [0.2, 0.25) is 0 Å². The minimum absolute atomic E-state index is 0.203. The van der Waals surface area contributed by atoms with Gasteiger partial charge < -0.3 is 52.1 Å². The minimum atomic E-state index is -0.762. The summed E-state index contributed by atoms with van der Waals surface area (Å²) in [6, 6.07) is 10.0. The molecular weight excluding hydrogens is 564 g/mol. The van der Waals surface area contributed by atoms with Crippen molar-refractivity contribution in [1.29, 1.82) is 0 Å². The van der Waals surface area contributed by atoms with Crippen molar-refractivity contribution in [3.05, 3.63) is 35.9 Å². The number of hydrogen-bond donors (Lipinski definition) is 0. The van der Waals surface area contributed by atoms with Gasteiger partial charge in [-0.2, -0.15) is 0 Å². The third-order valence-corrected chi connectivity index (χ3v) is 8.04. The van der Waals surface area contributed by atoms with Gasteiger partial charge in [-0.3, -0.25) is 0 Å². The molecule has 0 radical (unpaired) electrons. The van der Waals surface area contributed by atoms with Crippen LogP contribution in [0.2, 0.25) is 0 Å². The van der Waals surface area contributed by atoms with Crippen LogP contribution in [0.1, 0.15) is 61.0 Å². The molecule has 6 saturated heterocycles. The lowest BCUT2D eigenvalue weighted by Gasteiger charge is -2.27. The molecule has 0 N–H and O–H groups in total. The summed E-state index contributed by atoms with van der Waals surface area (Å²) in [5, 5.41) is 0. The van der Waals surface area contributed by atoms with Gasteiger partial charge in [-0.15, -0.1) is 0 Å². The molecular formula is C31H44O12. The first-order valence-corrected chi connectivity index (χ1v) is 15.0. The Morgan fingerprint density at radius 1 is 0.651 bits per heavy atom. The summed E-state index contributed by atoms with van der Waals surface area (Å²) in [7, 11) is 0. The molecule has 0 aromatic heterocycles. The van der Waals surface area contributed by atoms with Crippen LogP contribution >= 0.6 is 0 Å². The van der Waals surface area contributed by atoms with E-state index < -0.39 is 47.8 Å². The summed E-state index contributed by atoms with van der Waals surface area (Å²) < 4.78 is 63.7. The SMILES string of the molecule is CC1(C)OCC([C@@H]2OC(=O)C3OC(C)(C)OC32)O1.CC1(C)OCC([C@@H]2OC(OCc3ccccc3)C3OC(C)(C)OC32)O1. The molecule has 43 heavy (non-hydrogen) atoms. The van der Waals surface area contributed by atoms with E-state index in [4.69, 9.17) is 52.1 Å². The molecule has 7 rings (SSSR count). The Morgan fingerprint density at radius 2 is 1.21 bits per heavy atom. The van der Waals surface area contributed by atoms with Gasteiger partial charge in [0.1, 0.15) is 36.6 Å². The average Bonchev–Trinajstić information content (AvgIpc) is 3.73. The lowest BCUT2D eigenvalue weighted by Crippen LogP contribution is -2.40. The molecule has 1 aromatic carbocycles. The third kappa shape index (κ3) is 6.79. The van der Waals surface area contributed by atoms with Crippen molar-refractivity contribution in [2.45, 2.75) is 140 Å². The Balaban J connectivity index is 0.000000162. The van der Waals surface area contributed by atoms with E-state index in [1.165, 1.54) is 0 Å². The zero-order chi connectivity index (χ0) is 30.8. The van der Waals surface area contributed by atoms with E-state index in [0.29, 0.717) is 19.8 Å². The zero-order valence-electron chi connectivity index (χ0n) is 26.1. The fourth-order valence-corrected chi connectivity index (χ4v) is 6.30. The predicted octanol–water partition coefficient (Wildman–Crippen LogP) is 3.18. The molecule has 240 valence electrons. The molecule has 0 saturated carbocycles. The largest absolute Gasteiger partial charge is 0.455 e. The fourth-order valence-electron chi connectivity index (χ4n) is 6.30. The van der Waals surface area contributed by atoms with Crippen LogP contribution in [-0.4, -0.2) is 97.5 Å². The van der Waals surface area contributed by atoms with Crippen LogP contribution in [0.3, 0.4) is 0 Å². The standard InChI is InChI=1S/C19H26O6.C12H18O6/c1-18(2)21-11-13(23-18)14-15-16(25-19(3,4)24-15)17(22-14)20-10-12-8-6-5-7-9-12;1-11(2)14-5-6(16-11)7-8-9(10(13)15-7)18-12(3,4)17-8/h5-9,13-17H,10-11H2,1-4H3;6-9H,5H2,1-4H3/t13?,14-,15?,16?,17?;6?,7-,8?,9?/m00/s1. The molecule has 1 aromatic rings. The van der Waals surface area contributed by atoms with Crippen LogP contribution in [0.15, 0.2) is 30.3 Å². The molecule has 0 bridgehead atoms. The van der Waals surface area contributed by atoms with Crippen LogP contribution in [0.4, 0.5) is 0 Å². The van der Waals surface area contributed by atoms with Crippen molar-refractivity contribution < 1.29 is 56.9 Å². The molecule has 9 atom stereocenters. The van der Waals surface area contributed by atoms with Crippen LogP contribution in [0.5, 0.6) is 0 Å². The Morgan fingerprint density at radius 3 is 1.81 bits per heavy atom. The van der Waals surface area contributed by atoms with Crippen LogP contribution in [0.25, 0.3) is 0 Å². The molecule has 7 unspecified atom stereocenters. The van der Waals surface area contributed by atoms with Crippen molar-refractivity contribution in [2.75, 3.05) is 13.2 Å². The number of carbonyl (C=O) groups excluding carboxylic acids is 1. The fraction of sp³-hybridized carbons (Fsp3) is 0.774. The Hall–Kier alpha value is -1.71. The lowest BCUT2D eigenvalue weighted by molar-refractivity contribution is -0.250. The first-order valence-electron chi connectivity index (χ1n) is 15.0. The highest BCUT2D eigenvalue weighted by atomic mass is 16.8. The second-order valence-electron chi connectivity index (χ2n) is 13.5. The minimum Gasteiger partial charge on any atom is -0.455 e. The highest BCUT2D eigenvalue weighted by Gasteiger charge is 2.61. The molecule has 0 aliphatic carbocycles. The van der Waals surface area contributed by atoms with E-state index >= 15 is 0 Å². The van der Waals surface area contributed by atoms with Crippen molar-refractivity contribution in [3.8, 4) is 0 Å². The van der Waals surface area contributed by atoms with Gasteiger partial charge in [0.15, 0.2) is 41.6 Å². The number of carbonyl (C=O) groups is 1. The molecule has 6 heterocycles. The first-order chi connectivity index (χ1) is 20.1. The maximum atomic E-state index is 11.7. The maximum absolute atomic E-state index is 11.7. The van der Waals surface area contributed by atoms with E-state index in [-0.39, 0.29) is 36.5 Å². The second kappa shape index (κ2) is 11.3. The van der Waals surface area contributed by atoms with E-state index in [0.717, 1.165) is 5.56 Å². The van der Waals surface area contributed by atoms with E-state index in [2.05, 4.69) is 0 Å². The number of rotatable bonds is 5. The molecule has 6 aliphatic rings. The van der Waals surface area contributed by atoms with Crippen molar-refractivity contribution in [2.24, 2.45) is 0 Å². The van der Waals surface area contributed by atoms with Gasteiger partial charge in [0.05, 0.1) is 19.8 Å². The summed E-state index contributed by atoms with van der Waals surface area (Å²) in [6.45, 7) is 16.2. The van der Waals surface area contributed by atoms with E-state index in [9.17, 15) is 4.79 Å². The first kappa shape index (κ1) is 31.3. The quantitative estimate of drug-likeness (QED) is 0.457. The average molecular weight is 609 g/mol. The molecule has 6 fully saturated rings. The van der Waals surface area contributed by atoms with Gasteiger partial charge in [0, 0.05) is 0 Å². The molecule has 0 spiro atoms. The Kier molecular flexibility index (Phi) is 8.20. The molecule has 0 amide bonds. The van der Waals surface area contributed by atoms with Gasteiger partial charge in [-0.1, -0.05) is 30.3 Å². The third-order valence-electron chi connectivity index (χ3n) is 8.04. The number of fused-ring (bicyclic) bond motifs is 2. The molecule has 12 nitrogen and oxygen atoms in total. The van der Waals surface area contributed by atoms with Crippen molar-refractivity contribution in [1.82, 2.24) is 0 Å². The number of cyclic esters (lactones) is 1. The predicted molar refractivity (Wildman–Crippen MR) is 147 cm³/mol. The normalized spacial score (nSPS) is 41.4. The smallest absolute Gasteiger partial charge is 0.338 e. The zero-order valence-corrected chi connectivity index (χ0v) is 26.1. The maximum Gasteiger partial charge on any atom is 0.338 e. The number of benzene rings is 1. The summed E-state index contributed by atoms with van der Waals surface area (Å²) >= 11 is 0. The van der Waals surface area contributed by atoms with Gasteiger partial charge in [0.25, 0.3) is 0 Å². The van der Waals surface area contributed by atoms with Crippen molar-refractivity contribution in [3.63, 3.8) is 0 Å². The highest BCUT2D eigenvalue weighted by molar-refractivity contribution is 5.78. The number of esters is 1. The highest BCUT2D eigenvalue weighted by Crippen LogP contribution is 2.43. The van der Waals surface area contributed by atoms with E-state index in [1.54, 1.807) is 13.8 Å². The van der Waals surface area contributed by atoms with Crippen LogP contribution in [-0.2, 0) is 63.5 Å². The van der Waals surface area contributed by atoms with Crippen molar-refractivity contribution >= 4 is 5.97 Å². The van der Waals surface area contributed by atoms with Gasteiger partial charge >= 0.3 is 5.97 Å². The van der Waals surface area contributed by atoms with Crippen LogP contribution in [0, 0.1) is 0 Å². The van der Waals surface area contributed by atoms with Gasteiger partial charge in [-0.25, -0.2) is 4.79 Å². The summed E-state index contributed by atoms with van der Waals surface area (Å²) in [5.41, 5.74) is 1.09. The summed E-state index contributed by atoms with van der Waals surface area (Å²) in [5.74, 6) is -3.07. The number of ether oxygens (including phenoxy) is 11. The molecule has 6 aliphatic heterocycles. The lowest BCUT2D eigenvalue weighted by atomic mass is 10.1. The van der Waals surface area contributed by atoms with Crippen LogP contribution < -0.4 is 0 Å². The van der Waals surface area contributed by atoms with E-state index in [1.807, 2.05) is 71.9 Å². The Labute approximate surface area is 252 Å². The summed E-state index contributed by atoms with van der Waals surface area (Å²) in [4.78, 5) is 11.7. The molecule has 12 heteroatoms. The Bertz CT molecular complexity index is 1150. The topological polar surface area (TPSA) is 119 Å². The number of hydrogen-bond acceptors (Lipinski definition) is 12. The van der Waals surface area contributed by atoms with Gasteiger partial charge in [-0.05, 0) is 61.0 Å².